The van der Waals surface area contributed by atoms with Crippen LogP contribution in [-0.4, -0.2) is 60.3 Å². The van der Waals surface area contributed by atoms with E-state index in [0.29, 0.717) is 31.4 Å². The summed E-state index contributed by atoms with van der Waals surface area (Å²) in [6.45, 7) is 12.8. The third-order valence-electron chi connectivity index (χ3n) is 6.28. The molecule has 1 aromatic carbocycles. The van der Waals surface area contributed by atoms with Gasteiger partial charge in [-0.25, -0.2) is 9.78 Å². The molecule has 2 aromatic rings. The fourth-order valence-corrected chi connectivity index (χ4v) is 4.52. The quantitative estimate of drug-likeness (QED) is 0.320. The van der Waals surface area contributed by atoms with Crippen molar-refractivity contribution in [2.75, 3.05) is 32.8 Å². The van der Waals surface area contributed by atoms with E-state index in [-0.39, 0.29) is 5.97 Å². The average molecular weight is 497 g/mol. The summed E-state index contributed by atoms with van der Waals surface area (Å²) in [5.41, 5.74) is 2.44. The Balaban J connectivity index is 1.49. The number of aryl methyl sites for hydroxylation is 1. The molecule has 0 atom stereocenters. The number of piperidine rings is 1. The van der Waals surface area contributed by atoms with Crippen LogP contribution in [0.4, 0.5) is 0 Å². The van der Waals surface area contributed by atoms with Gasteiger partial charge in [0.05, 0.1) is 19.8 Å². The van der Waals surface area contributed by atoms with Gasteiger partial charge >= 0.3 is 11.9 Å². The highest BCUT2D eigenvalue weighted by Gasteiger charge is 2.23. The SMILES string of the molecule is CCOC(=O)CN1CCC(CCCOc2ccc(-c3cccnc3C(=O)OC(C)(C)C)c(C)c2)CC1. The lowest BCUT2D eigenvalue weighted by Gasteiger charge is -2.31. The fourth-order valence-electron chi connectivity index (χ4n) is 4.52. The van der Waals surface area contributed by atoms with Crippen molar-refractivity contribution < 1.29 is 23.8 Å². The Morgan fingerprint density at radius 3 is 2.53 bits per heavy atom. The Hall–Kier alpha value is -2.93. The normalized spacial score (nSPS) is 14.9. The van der Waals surface area contributed by atoms with E-state index >= 15 is 0 Å². The van der Waals surface area contributed by atoms with Crippen LogP contribution in [0.3, 0.4) is 0 Å². The van der Waals surface area contributed by atoms with Gasteiger partial charge in [0.25, 0.3) is 0 Å². The molecule has 0 amide bonds. The number of ether oxygens (including phenoxy) is 3. The average Bonchev–Trinajstić information content (AvgIpc) is 2.82. The zero-order valence-electron chi connectivity index (χ0n) is 22.3. The van der Waals surface area contributed by atoms with Gasteiger partial charge in [-0.3, -0.25) is 9.69 Å². The molecule has 0 radical (unpaired) electrons. The van der Waals surface area contributed by atoms with Crippen molar-refractivity contribution in [2.45, 2.75) is 65.9 Å². The summed E-state index contributed by atoms with van der Waals surface area (Å²) in [6.07, 6.45) is 5.95. The Labute approximate surface area is 215 Å². The van der Waals surface area contributed by atoms with Crippen LogP contribution in [0.2, 0.25) is 0 Å². The number of hydrogen-bond donors (Lipinski definition) is 0. The molecule has 0 saturated carbocycles. The number of pyridine rings is 1. The van der Waals surface area contributed by atoms with Gasteiger partial charge in [-0.15, -0.1) is 0 Å². The largest absolute Gasteiger partial charge is 0.494 e. The van der Waals surface area contributed by atoms with Crippen LogP contribution < -0.4 is 4.74 Å². The number of benzene rings is 1. The summed E-state index contributed by atoms with van der Waals surface area (Å²) in [4.78, 5) is 30.8. The number of carbonyl (C=O) groups is 2. The molecule has 1 aromatic heterocycles. The highest BCUT2D eigenvalue weighted by atomic mass is 16.6. The van der Waals surface area contributed by atoms with E-state index in [1.165, 1.54) is 0 Å². The fraction of sp³-hybridized carbons (Fsp3) is 0.552. The molecule has 1 saturated heterocycles. The Morgan fingerprint density at radius 2 is 1.86 bits per heavy atom. The van der Waals surface area contributed by atoms with Crippen LogP contribution in [-0.2, 0) is 14.3 Å². The van der Waals surface area contributed by atoms with Gasteiger partial charge in [0.2, 0.25) is 0 Å². The smallest absolute Gasteiger partial charge is 0.358 e. The van der Waals surface area contributed by atoms with Gasteiger partial charge < -0.3 is 14.2 Å². The van der Waals surface area contributed by atoms with Crippen LogP contribution in [0, 0.1) is 12.8 Å². The minimum atomic E-state index is -0.585. The molecular formula is C29H40N2O5. The minimum absolute atomic E-state index is 0.129. The van der Waals surface area contributed by atoms with Crippen molar-refractivity contribution >= 4 is 11.9 Å². The molecule has 1 aliphatic heterocycles. The number of hydrogen-bond acceptors (Lipinski definition) is 7. The molecule has 2 heterocycles. The molecular weight excluding hydrogens is 456 g/mol. The molecule has 0 unspecified atom stereocenters. The van der Waals surface area contributed by atoms with Crippen LogP contribution in [0.1, 0.15) is 69.4 Å². The van der Waals surface area contributed by atoms with Crippen molar-refractivity contribution in [3.05, 3.63) is 47.8 Å². The lowest BCUT2D eigenvalue weighted by molar-refractivity contribution is -0.144. The predicted octanol–water partition coefficient (Wildman–Crippen LogP) is 5.45. The second-order valence-corrected chi connectivity index (χ2v) is 10.4. The lowest BCUT2D eigenvalue weighted by Crippen LogP contribution is -2.38. The molecule has 3 rings (SSSR count). The van der Waals surface area contributed by atoms with E-state index < -0.39 is 11.6 Å². The predicted molar refractivity (Wildman–Crippen MR) is 140 cm³/mol. The third-order valence-corrected chi connectivity index (χ3v) is 6.28. The van der Waals surface area contributed by atoms with Crippen molar-refractivity contribution in [3.63, 3.8) is 0 Å². The number of esters is 2. The van der Waals surface area contributed by atoms with Crippen molar-refractivity contribution in [3.8, 4) is 16.9 Å². The van der Waals surface area contributed by atoms with Crippen LogP contribution in [0.15, 0.2) is 36.5 Å². The number of rotatable bonds is 10. The monoisotopic (exact) mass is 496 g/mol. The standard InChI is InChI=1S/C29H40N2O5/c1-6-34-26(32)20-31-16-13-22(14-17-31)9-8-18-35-23-11-12-24(21(2)19-23)25-10-7-15-30-27(25)28(33)36-29(3,4)5/h7,10-12,15,19,22H,6,8-9,13-14,16-18,20H2,1-5H3. The zero-order valence-corrected chi connectivity index (χ0v) is 22.3. The van der Waals surface area contributed by atoms with E-state index in [2.05, 4.69) is 9.88 Å². The molecule has 0 N–H and O–H groups in total. The first kappa shape index (κ1) is 27.7. The molecule has 36 heavy (non-hydrogen) atoms. The second-order valence-electron chi connectivity index (χ2n) is 10.4. The first-order valence-corrected chi connectivity index (χ1v) is 13.0. The number of nitrogens with zero attached hydrogens (tertiary/aromatic N) is 2. The lowest BCUT2D eigenvalue weighted by atomic mass is 9.92. The maximum atomic E-state index is 12.7. The highest BCUT2D eigenvalue weighted by molar-refractivity contribution is 5.95. The van der Waals surface area contributed by atoms with Crippen molar-refractivity contribution in [2.24, 2.45) is 5.92 Å². The highest BCUT2D eigenvalue weighted by Crippen LogP contribution is 2.30. The Morgan fingerprint density at radius 1 is 1.11 bits per heavy atom. The molecule has 7 heteroatoms. The van der Waals surface area contributed by atoms with Crippen LogP contribution in [0.25, 0.3) is 11.1 Å². The summed E-state index contributed by atoms with van der Waals surface area (Å²) in [7, 11) is 0. The van der Waals surface area contributed by atoms with Gasteiger partial charge in [-0.2, -0.15) is 0 Å². The molecule has 0 aliphatic carbocycles. The molecule has 196 valence electrons. The Bertz CT molecular complexity index is 1020. The number of carbonyl (C=O) groups excluding carboxylic acids is 2. The number of aromatic nitrogens is 1. The molecule has 0 bridgehead atoms. The zero-order chi connectivity index (χ0) is 26.1. The van der Waals surface area contributed by atoms with Gasteiger partial charge in [0.1, 0.15) is 11.4 Å². The van der Waals surface area contributed by atoms with Gasteiger partial charge in [0, 0.05) is 11.8 Å². The van der Waals surface area contributed by atoms with Gasteiger partial charge in [-0.1, -0.05) is 12.1 Å². The molecule has 0 spiro atoms. The minimum Gasteiger partial charge on any atom is -0.494 e. The summed E-state index contributed by atoms with van der Waals surface area (Å²) in [5, 5.41) is 0. The van der Waals surface area contributed by atoms with E-state index in [1.54, 1.807) is 6.20 Å². The maximum Gasteiger partial charge on any atom is 0.358 e. The van der Waals surface area contributed by atoms with Gasteiger partial charge in [-0.05, 0) is 109 Å². The third kappa shape index (κ3) is 8.33. The summed E-state index contributed by atoms with van der Waals surface area (Å²) >= 11 is 0. The first-order chi connectivity index (χ1) is 17.2. The van der Waals surface area contributed by atoms with Gasteiger partial charge in [0.15, 0.2) is 5.69 Å². The van der Waals surface area contributed by atoms with Crippen molar-refractivity contribution in [1.29, 1.82) is 0 Å². The maximum absolute atomic E-state index is 12.7. The number of likely N-dealkylation sites (tertiary alicyclic amines) is 1. The van der Waals surface area contributed by atoms with Crippen molar-refractivity contribution in [1.82, 2.24) is 9.88 Å². The first-order valence-electron chi connectivity index (χ1n) is 13.0. The summed E-state index contributed by atoms with van der Waals surface area (Å²) in [5.74, 6) is 0.941. The topological polar surface area (TPSA) is 78.0 Å². The van der Waals surface area contributed by atoms with E-state index in [0.717, 1.165) is 61.2 Å². The van der Waals surface area contributed by atoms with E-state index in [4.69, 9.17) is 14.2 Å². The van der Waals surface area contributed by atoms with Crippen LogP contribution >= 0.6 is 0 Å². The molecule has 7 nitrogen and oxygen atoms in total. The summed E-state index contributed by atoms with van der Waals surface area (Å²) < 4.78 is 16.6. The van der Waals surface area contributed by atoms with E-state index in [1.807, 2.05) is 65.0 Å². The van der Waals surface area contributed by atoms with E-state index in [9.17, 15) is 9.59 Å². The molecule has 1 aliphatic rings. The second kappa shape index (κ2) is 12.9. The summed E-state index contributed by atoms with van der Waals surface area (Å²) in [6, 6.07) is 9.66. The molecule has 1 fully saturated rings. The van der Waals surface area contributed by atoms with Crippen LogP contribution in [0.5, 0.6) is 5.75 Å². The Kier molecular flexibility index (Phi) is 9.88.